The minimum atomic E-state index is 0.647. The fraction of sp³-hybridized carbons (Fsp3) is 0.545. The number of H-pyrrole nitrogens is 2. The van der Waals surface area contributed by atoms with Crippen molar-refractivity contribution >= 4 is 5.95 Å². The molecule has 4 N–H and O–H groups in total. The van der Waals surface area contributed by atoms with E-state index in [1.54, 1.807) is 12.4 Å². The van der Waals surface area contributed by atoms with Crippen LogP contribution >= 0.6 is 0 Å². The molecule has 2 aromatic heterocycles. The fourth-order valence-electron chi connectivity index (χ4n) is 2.27. The smallest absolute Gasteiger partial charge is 0.245 e. The molecule has 3 heterocycles. The molecular weight excluding hydrogens is 230 g/mol. The zero-order chi connectivity index (χ0) is 12.4. The zero-order valence-electron chi connectivity index (χ0n) is 10.1. The zero-order valence-corrected chi connectivity index (χ0v) is 10.1. The highest BCUT2D eigenvalue weighted by atomic mass is 15.4. The van der Waals surface area contributed by atoms with Gasteiger partial charge in [0.15, 0.2) is 5.82 Å². The van der Waals surface area contributed by atoms with Crippen molar-refractivity contribution in [1.29, 1.82) is 0 Å². The number of nitrogens with zero attached hydrogens (tertiary/aromatic N) is 4. The van der Waals surface area contributed by atoms with Crippen LogP contribution < -0.4 is 10.6 Å². The maximum Gasteiger partial charge on any atom is 0.245 e. The lowest BCUT2D eigenvalue weighted by Gasteiger charge is -2.30. The van der Waals surface area contributed by atoms with Crippen molar-refractivity contribution < 1.29 is 0 Å². The monoisotopic (exact) mass is 247 g/mol. The van der Waals surface area contributed by atoms with Gasteiger partial charge in [-0.3, -0.25) is 10.2 Å². The molecule has 0 saturated carbocycles. The highest BCUT2D eigenvalue weighted by Gasteiger charge is 2.21. The molecule has 1 fully saturated rings. The Morgan fingerprint density at radius 3 is 2.89 bits per heavy atom. The average molecular weight is 247 g/mol. The molecule has 0 aliphatic carbocycles. The minimum absolute atomic E-state index is 0.647. The van der Waals surface area contributed by atoms with Crippen LogP contribution in [-0.2, 0) is 0 Å². The van der Waals surface area contributed by atoms with Crippen LogP contribution in [0.1, 0.15) is 12.8 Å². The van der Waals surface area contributed by atoms with Gasteiger partial charge >= 0.3 is 0 Å². The molecule has 0 bridgehead atoms. The van der Waals surface area contributed by atoms with E-state index in [1.165, 1.54) is 0 Å². The number of nitrogens with one attached hydrogen (secondary N) is 2. The van der Waals surface area contributed by atoms with Crippen LogP contribution in [0.4, 0.5) is 5.95 Å². The maximum absolute atomic E-state index is 5.69. The number of anilines is 1. The lowest BCUT2D eigenvalue weighted by molar-refractivity contribution is 0.411. The quantitative estimate of drug-likeness (QED) is 0.727. The van der Waals surface area contributed by atoms with E-state index >= 15 is 0 Å². The third kappa shape index (κ3) is 2.08. The van der Waals surface area contributed by atoms with Gasteiger partial charge in [0, 0.05) is 19.3 Å². The molecule has 18 heavy (non-hydrogen) atoms. The largest absolute Gasteiger partial charge is 0.340 e. The number of hydrogen-bond acceptors (Lipinski definition) is 5. The summed E-state index contributed by atoms with van der Waals surface area (Å²) in [4.78, 5) is 6.70. The second kappa shape index (κ2) is 4.77. The standard InChI is InChI=1S/C11H17N7/c12-5-8-1-3-18(4-2-8)11-15-10(16-17-11)9-6-13-14-7-9/h6-8H,1-5,12H2,(H,13,14)(H,15,16,17). The number of rotatable bonds is 3. The highest BCUT2D eigenvalue weighted by molar-refractivity contribution is 5.53. The van der Waals surface area contributed by atoms with E-state index in [-0.39, 0.29) is 0 Å². The van der Waals surface area contributed by atoms with Crippen molar-refractivity contribution in [3.05, 3.63) is 12.4 Å². The summed E-state index contributed by atoms with van der Waals surface area (Å²) in [6, 6.07) is 0. The Hall–Kier alpha value is -1.89. The lowest BCUT2D eigenvalue weighted by atomic mass is 9.97. The first-order chi connectivity index (χ1) is 8.86. The van der Waals surface area contributed by atoms with E-state index in [9.17, 15) is 0 Å². The van der Waals surface area contributed by atoms with Crippen molar-refractivity contribution in [3.63, 3.8) is 0 Å². The maximum atomic E-state index is 5.69. The summed E-state index contributed by atoms with van der Waals surface area (Å²) in [6.07, 6.45) is 5.76. The summed E-state index contributed by atoms with van der Waals surface area (Å²) >= 11 is 0. The van der Waals surface area contributed by atoms with E-state index in [4.69, 9.17) is 5.73 Å². The molecule has 0 radical (unpaired) electrons. The van der Waals surface area contributed by atoms with Crippen LogP contribution in [-0.4, -0.2) is 45.0 Å². The predicted molar refractivity (Wildman–Crippen MR) is 68.0 cm³/mol. The lowest BCUT2D eigenvalue weighted by Crippen LogP contribution is -2.36. The number of piperidine rings is 1. The third-order valence-corrected chi connectivity index (χ3v) is 3.48. The predicted octanol–water partition coefficient (Wildman–Crippen LogP) is 0.370. The van der Waals surface area contributed by atoms with E-state index in [1.807, 2.05) is 0 Å². The van der Waals surface area contributed by atoms with Crippen LogP contribution in [0.2, 0.25) is 0 Å². The summed E-state index contributed by atoms with van der Waals surface area (Å²) in [6.45, 7) is 2.73. The van der Waals surface area contributed by atoms with Crippen molar-refractivity contribution in [3.8, 4) is 11.4 Å². The van der Waals surface area contributed by atoms with E-state index in [0.717, 1.165) is 49.8 Å². The Kier molecular flexibility index (Phi) is 2.97. The molecule has 7 nitrogen and oxygen atoms in total. The average Bonchev–Trinajstić information content (AvgIpc) is 3.09. The number of aromatic amines is 2. The van der Waals surface area contributed by atoms with Crippen LogP contribution in [0.15, 0.2) is 12.4 Å². The summed E-state index contributed by atoms with van der Waals surface area (Å²) in [5.41, 5.74) is 6.61. The van der Waals surface area contributed by atoms with Gasteiger partial charge in [0.05, 0.1) is 11.8 Å². The Bertz CT molecular complexity index is 481. The van der Waals surface area contributed by atoms with Gasteiger partial charge in [0.2, 0.25) is 5.95 Å². The molecule has 7 heteroatoms. The summed E-state index contributed by atoms with van der Waals surface area (Å²) < 4.78 is 0. The Labute approximate surface area is 105 Å². The first kappa shape index (κ1) is 11.2. The molecule has 3 rings (SSSR count). The molecular formula is C11H17N7. The molecule has 2 aromatic rings. The summed E-state index contributed by atoms with van der Waals surface area (Å²) in [5, 5.41) is 13.9. The Morgan fingerprint density at radius 2 is 2.22 bits per heavy atom. The second-order valence-corrected chi connectivity index (χ2v) is 4.64. The fourth-order valence-corrected chi connectivity index (χ4v) is 2.27. The Morgan fingerprint density at radius 1 is 1.39 bits per heavy atom. The summed E-state index contributed by atoms with van der Waals surface area (Å²) in [7, 11) is 0. The van der Waals surface area contributed by atoms with Crippen LogP contribution in [0, 0.1) is 5.92 Å². The number of aromatic nitrogens is 5. The van der Waals surface area contributed by atoms with Gasteiger partial charge in [0.25, 0.3) is 0 Å². The van der Waals surface area contributed by atoms with E-state index in [2.05, 4.69) is 30.3 Å². The SMILES string of the molecule is NCC1CCN(c2n[nH]c(-c3cn[nH]c3)n2)CC1. The number of hydrogen-bond donors (Lipinski definition) is 3. The molecule has 0 aromatic carbocycles. The topological polar surface area (TPSA) is 99.5 Å². The molecule has 0 atom stereocenters. The summed E-state index contributed by atoms with van der Waals surface area (Å²) in [5.74, 6) is 2.16. The van der Waals surface area contributed by atoms with Crippen LogP contribution in [0.5, 0.6) is 0 Å². The first-order valence-corrected chi connectivity index (χ1v) is 6.23. The van der Waals surface area contributed by atoms with Gasteiger partial charge < -0.3 is 10.6 Å². The normalized spacial score (nSPS) is 17.3. The van der Waals surface area contributed by atoms with Gasteiger partial charge in [0.1, 0.15) is 0 Å². The van der Waals surface area contributed by atoms with Gasteiger partial charge in [-0.1, -0.05) is 0 Å². The second-order valence-electron chi connectivity index (χ2n) is 4.64. The Balaban J connectivity index is 1.71. The van der Waals surface area contributed by atoms with Gasteiger partial charge in [-0.25, -0.2) is 0 Å². The van der Waals surface area contributed by atoms with Gasteiger partial charge in [-0.15, -0.1) is 5.10 Å². The van der Waals surface area contributed by atoms with Crippen molar-refractivity contribution in [2.75, 3.05) is 24.5 Å². The third-order valence-electron chi connectivity index (χ3n) is 3.48. The van der Waals surface area contributed by atoms with E-state index in [0.29, 0.717) is 5.92 Å². The highest BCUT2D eigenvalue weighted by Crippen LogP contribution is 2.21. The minimum Gasteiger partial charge on any atom is -0.340 e. The van der Waals surface area contributed by atoms with Crippen LogP contribution in [0.25, 0.3) is 11.4 Å². The molecule has 96 valence electrons. The van der Waals surface area contributed by atoms with Crippen molar-refractivity contribution in [2.45, 2.75) is 12.8 Å². The number of nitrogens with two attached hydrogens (primary N) is 1. The van der Waals surface area contributed by atoms with Gasteiger partial charge in [-0.05, 0) is 25.3 Å². The van der Waals surface area contributed by atoms with Crippen molar-refractivity contribution in [1.82, 2.24) is 25.4 Å². The van der Waals surface area contributed by atoms with Gasteiger partial charge in [-0.2, -0.15) is 10.1 Å². The van der Waals surface area contributed by atoms with E-state index < -0.39 is 0 Å². The molecule has 0 amide bonds. The molecule has 0 unspecified atom stereocenters. The first-order valence-electron chi connectivity index (χ1n) is 6.23. The molecule has 0 spiro atoms. The van der Waals surface area contributed by atoms with Crippen LogP contribution in [0.3, 0.4) is 0 Å². The van der Waals surface area contributed by atoms with Crippen molar-refractivity contribution in [2.24, 2.45) is 11.7 Å². The molecule has 1 saturated heterocycles. The molecule has 1 aliphatic rings. The molecule has 1 aliphatic heterocycles.